The zero-order valence-corrected chi connectivity index (χ0v) is 18.7. The number of rotatable bonds is 9. The minimum absolute atomic E-state index is 0.201. The van der Waals surface area contributed by atoms with Crippen LogP contribution in [-0.2, 0) is 24.6 Å². The van der Waals surface area contributed by atoms with Crippen LogP contribution in [0.1, 0.15) is 25.0 Å². The highest BCUT2D eigenvalue weighted by atomic mass is 31.2. The maximum Gasteiger partial charge on any atom is 0.335 e. The second-order valence-corrected chi connectivity index (χ2v) is 9.11. The molecule has 0 fully saturated rings. The first-order chi connectivity index (χ1) is 15.5. The van der Waals surface area contributed by atoms with Crippen LogP contribution in [-0.4, -0.2) is 24.1 Å². The number of hydrogen-bond acceptors (Lipinski definition) is 7. The molecular weight excluding hydrogens is 429 g/mol. The molecule has 4 rings (SSSR count). The fourth-order valence-corrected chi connectivity index (χ4v) is 5.10. The molecule has 2 aromatic heterocycles. The number of aromatic nitrogens is 1. The summed E-state index contributed by atoms with van der Waals surface area (Å²) >= 11 is 0. The first kappa shape index (κ1) is 22.0. The number of pyridine rings is 1. The lowest BCUT2D eigenvalue weighted by molar-refractivity contribution is -0.110. The third-order valence-corrected chi connectivity index (χ3v) is 6.88. The molecule has 0 aliphatic carbocycles. The van der Waals surface area contributed by atoms with Gasteiger partial charge in [0.05, 0.1) is 31.2 Å². The Morgan fingerprint density at radius 2 is 1.91 bits per heavy atom. The van der Waals surface area contributed by atoms with Gasteiger partial charge in [-0.1, -0.05) is 12.1 Å². The highest BCUT2D eigenvalue weighted by Crippen LogP contribution is 2.51. The maximum atomic E-state index is 12.7. The Morgan fingerprint density at radius 1 is 1.16 bits per heavy atom. The van der Waals surface area contributed by atoms with Crippen LogP contribution in [0.3, 0.4) is 0 Å². The maximum absolute atomic E-state index is 12.7. The average Bonchev–Trinajstić information content (AvgIpc) is 3.41. The van der Waals surface area contributed by atoms with Gasteiger partial charge in [0.25, 0.3) is 5.91 Å². The SMILES string of the molecule is CCOP(=O)(Cc1ccc(NC=C2C(=O)Nc3ncc(-c4ccco4)cc32)cc1)OCC. The molecule has 166 valence electrons. The van der Waals surface area contributed by atoms with Gasteiger partial charge in [-0.2, -0.15) is 0 Å². The van der Waals surface area contributed by atoms with Crippen molar-refractivity contribution in [1.29, 1.82) is 0 Å². The van der Waals surface area contributed by atoms with Crippen LogP contribution in [0, 0.1) is 0 Å². The number of anilines is 2. The Labute approximate surface area is 186 Å². The Hall–Kier alpha value is -3.19. The molecule has 1 amide bonds. The Morgan fingerprint density at radius 3 is 2.56 bits per heavy atom. The topological polar surface area (TPSA) is 103 Å². The number of benzene rings is 1. The third kappa shape index (κ3) is 4.83. The van der Waals surface area contributed by atoms with Gasteiger partial charge in [-0.15, -0.1) is 0 Å². The summed E-state index contributed by atoms with van der Waals surface area (Å²) < 4.78 is 28.8. The van der Waals surface area contributed by atoms with E-state index in [1.54, 1.807) is 38.6 Å². The van der Waals surface area contributed by atoms with E-state index in [9.17, 15) is 9.36 Å². The van der Waals surface area contributed by atoms with E-state index in [0.717, 1.165) is 16.8 Å². The van der Waals surface area contributed by atoms with Crippen molar-refractivity contribution in [2.45, 2.75) is 20.0 Å². The fraction of sp³-hybridized carbons (Fsp3) is 0.217. The number of carbonyl (C=O) groups is 1. The van der Waals surface area contributed by atoms with Crippen molar-refractivity contribution in [2.24, 2.45) is 0 Å². The van der Waals surface area contributed by atoms with E-state index in [-0.39, 0.29) is 12.1 Å². The Bertz CT molecular complexity index is 1160. The van der Waals surface area contributed by atoms with Crippen molar-refractivity contribution in [1.82, 2.24) is 4.98 Å². The van der Waals surface area contributed by atoms with E-state index in [1.807, 2.05) is 36.4 Å². The van der Waals surface area contributed by atoms with E-state index >= 15 is 0 Å². The molecule has 2 N–H and O–H groups in total. The van der Waals surface area contributed by atoms with Crippen LogP contribution < -0.4 is 10.6 Å². The van der Waals surface area contributed by atoms with Gasteiger partial charge in [0.2, 0.25) is 0 Å². The van der Waals surface area contributed by atoms with Gasteiger partial charge in [-0.3, -0.25) is 9.36 Å². The van der Waals surface area contributed by atoms with Gasteiger partial charge in [0, 0.05) is 29.2 Å². The first-order valence-corrected chi connectivity index (χ1v) is 12.0. The monoisotopic (exact) mass is 453 g/mol. The summed E-state index contributed by atoms with van der Waals surface area (Å²) in [5, 5.41) is 5.91. The van der Waals surface area contributed by atoms with E-state index in [4.69, 9.17) is 13.5 Å². The van der Waals surface area contributed by atoms with E-state index in [0.29, 0.717) is 35.9 Å². The first-order valence-electron chi connectivity index (χ1n) is 10.3. The van der Waals surface area contributed by atoms with E-state index in [2.05, 4.69) is 15.6 Å². The lowest BCUT2D eigenvalue weighted by Crippen LogP contribution is -2.05. The van der Waals surface area contributed by atoms with Crippen LogP contribution in [0.25, 0.3) is 16.9 Å². The summed E-state index contributed by atoms with van der Waals surface area (Å²) in [6, 6.07) is 12.9. The predicted octanol–water partition coefficient (Wildman–Crippen LogP) is 5.51. The molecule has 32 heavy (non-hydrogen) atoms. The van der Waals surface area contributed by atoms with Crippen LogP contribution in [0.2, 0.25) is 0 Å². The summed E-state index contributed by atoms with van der Waals surface area (Å²) in [5.74, 6) is 0.956. The van der Waals surface area contributed by atoms with Gasteiger partial charge in [0.1, 0.15) is 11.6 Å². The number of hydrogen-bond donors (Lipinski definition) is 2. The van der Waals surface area contributed by atoms with Crippen molar-refractivity contribution < 1.29 is 22.8 Å². The Balaban J connectivity index is 1.50. The number of fused-ring (bicyclic) bond motifs is 1. The molecule has 0 saturated heterocycles. The summed E-state index contributed by atoms with van der Waals surface area (Å²) in [6.07, 6.45) is 5.11. The Kier molecular flexibility index (Phi) is 6.55. The zero-order valence-electron chi connectivity index (χ0n) is 17.8. The summed E-state index contributed by atoms with van der Waals surface area (Å²) in [5.41, 5.74) is 3.57. The molecule has 0 unspecified atom stereocenters. The molecule has 1 aromatic carbocycles. The lowest BCUT2D eigenvalue weighted by Gasteiger charge is -2.17. The van der Waals surface area contributed by atoms with Crippen molar-refractivity contribution in [3.63, 3.8) is 0 Å². The summed E-state index contributed by atoms with van der Waals surface area (Å²) in [6.45, 7) is 4.22. The molecule has 3 aromatic rings. The molecule has 0 atom stereocenters. The summed E-state index contributed by atoms with van der Waals surface area (Å²) in [4.78, 5) is 16.8. The smallest absolute Gasteiger partial charge is 0.335 e. The number of amides is 1. The van der Waals surface area contributed by atoms with Gasteiger partial charge < -0.3 is 24.1 Å². The van der Waals surface area contributed by atoms with Gasteiger partial charge in [0.15, 0.2) is 0 Å². The molecule has 0 radical (unpaired) electrons. The number of furan rings is 1. The van der Waals surface area contributed by atoms with Crippen LogP contribution in [0.5, 0.6) is 0 Å². The fourth-order valence-electron chi connectivity index (χ4n) is 3.40. The van der Waals surface area contributed by atoms with Crippen molar-refractivity contribution in [3.05, 3.63) is 72.3 Å². The lowest BCUT2D eigenvalue weighted by atomic mass is 10.1. The average molecular weight is 453 g/mol. The molecule has 0 spiro atoms. The molecule has 0 saturated carbocycles. The number of nitrogens with zero attached hydrogens (tertiary/aromatic N) is 1. The van der Waals surface area contributed by atoms with Crippen LogP contribution in [0.15, 0.2) is 65.5 Å². The van der Waals surface area contributed by atoms with Gasteiger partial charge in [-0.05, 0) is 49.7 Å². The molecule has 3 heterocycles. The quantitative estimate of drug-likeness (QED) is 0.325. The van der Waals surface area contributed by atoms with Crippen molar-refractivity contribution >= 4 is 30.6 Å². The van der Waals surface area contributed by atoms with E-state index in [1.165, 1.54) is 0 Å². The summed E-state index contributed by atoms with van der Waals surface area (Å²) in [7, 11) is -3.16. The minimum atomic E-state index is -3.16. The molecule has 0 bridgehead atoms. The highest BCUT2D eigenvalue weighted by Gasteiger charge is 2.26. The second kappa shape index (κ2) is 9.53. The number of nitrogens with one attached hydrogen (secondary N) is 2. The van der Waals surface area contributed by atoms with E-state index < -0.39 is 7.60 Å². The number of carbonyl (C=O) groups excluding carboxylic acids is 1. The van der Waals surface area contributed by atoms with Crippen LogP contribution >= 0.6 is 7.60 Å². The molecular formula is C23H24N3O5P. The largest absolute Gasteiger partial charge is 0.464 e. The highest BCUT2D eigenvalue weighted by molar-refractivity contribution is 7.53. The molecule has 1 aliphatic rings. The van der Waals surface area contributed by atoms with Gasteiger partial charge >= 0.3 is 7.60 Å². The second-order valence-electron chi connectivity index (χ2n) is 7.06. The molecule has 9 heteroatoms. The third-order valence-electron chi connectivity index (χ3n) is 4.83. The normalized spacial score (nSPS) is 14.4. The standard InChI is InChI=1S/C23H24N3O5P/c1-3-30-32(28,31-4-2)15-16-7-9-18(10-8-16)24-14-20-19-12-17(21-6-5-11-29-21)13-25-22(19)26-23(20)27/h5-14,24H,3-4,15H2,1-2H3,(H,25,26,27). The van der Waals surface area contributed by atoms with Crippen LogP contribution in [0.4, 0.5) is 11.5 Å². The van der Waals surface area contributed by atoms with Crippen molar-refractivity contribution in [3.8, 4) is 11.3 Å². The van der Waals surface area contributed by atoms with Crippen molar-refractivity contribution in [2.75, 3.05) is 23.8 Å². The molecule has 8 nitrogen and oxygen atoms in total. The minimum Gasteiger partial charge on any atom is -0.464 e. The van der Waals surface area contributed by atoms with Gasteiger partial charge in [-0.25, -0.2) is 4.98 Å². The molecule has 1 aliphatic heterocycles. The predicted molar refractivity (Wildman–Crippen MR) is 123 cm³/mol. The zero-order chi connectivity index (χ0) is 22.6.